The fourth-order valence-electron chi connectivity index (χ4n) is 1.95. The Morgan fingerprint density at radius 3 is 2.94 bits per heavy atom. The van der Waals surface area contributed by atoms with Crippen molar-refractivity contribution in [3.8, 4) is 11.3 Å². The van der Waals surface area contributed by atoms with Gasteiger partial charge in [0.05, 0.1) is 11.9 Å². The molecule has 16 heavy (non-hydrogen) atoms. The lowest BCUT2D eigenvalue weighted by molar-refractivity contribution is 0.643. The molecule has 0 saturated carbocycles. The van der Waals surface area contributed by atoms with Crippen LogP contribution in [0.1, 0.15) is 11.2 Å². The Kier molecular flexibility index (Phi) is 1.91. The first-order valence-electron chi connectivity index (χ1n) is 4.91. The van der Waals surface area contributed by atoms with Crippen molar-refractivity contribution in [2.45, 2.75) is 5.50 Å². The third kappa shape index (κ3) is 1.15. The predicted octanol–water partition coefficient (Wildman–Crippen LogP) is 1.56. The van der Waals surface area contributed by atoms with Crippen LogP contribution >= 0.6 is 11.6 Å². The summed E-state index contributed by atoms with van der Waals surface area (Å²) in [7, 11) is 3.72. The Balaban J connectivity index is 2.32. The summed E-state index contributed by atoms with van der Waals surface area (Å²) in [4.78, 5) is 7.60. The molecule has 0 aliphatic carbocycles. The van der Waals surface area contributed by atoms with Crippen LogP contribution in [0.5, 0.6) is 0 Å². The van der Waals surface area contributed by atoms with Gasteiger partial charge >= 0.3 is 0 Å². The van der Waals surface area contributed by atoms with Gasteiger partial charge in [-0.1, -0.05) is 11.6 Å². The molecular weight excluding hydrogens is 226 g/mol. The van der Waals surface area contributed by atoms with Crippen molar-refractivity contribution in [1.29, 1.82) is 0 Å². The fourth-order valence-corrected chi connectivity index (χ4v) is 2.20. The topological polar surface area (TPSA) is 46.8 Å². The number of hydrogen-bond acceptors (Lipinski definition) is 4. The summed E-state index contributed by atoms with van der Waals surface area (Å²) in [5.41, 5.74) is 3.36. The first-order valence-corrected chi connectivity index (χ1v) is 5.34. The van der Waals surface area contributed by atoms with Crippen LogP contribution in [0.2, 0.25) is 0 Å². The maximum absolute atomic E-state index is 6.32. The van der Waals surface area contributed by atoms with Crippen LogP contribution in [-0.4, -0.2) is 27.0 Å². The minimum atomic E-state index is -0.291. The van der Waals surface area contributed by atoms with Gasteiger partial charge < -0.3 is 4.90 Å². The zero-order valence-corrected chi connectivity index (χ0v) is 9.68. The lowest BCUT2D eigenvalue weighted by atomic mass is 10.1. The Bertz CT molecular complexity index is 550. The summed E-state index contributed by atoms with van der Waals surface area (Å²) in [5.74, 6) is 0. The van der Waals surface area contributed by atoms with E-state index < -0.39 is 0 Å². The molecule has 0 radical (unpaired) electrons. The molecule has 3 rings (SSSR count). The van der Waals surface area contributed by atoms with E-state index in [1.807, 2.05) is 18.0 Å². The SMILES string of the molecule is CN1c2cnccc2-c2nn(C)nc2C1Cl. The van der Waals surface area contributed by atoms with Gasteiger partial charge in [-0.2, -0.15) is 15.0 Å². The maximum atomic E-state index is 6.32. The van der Waals surface area contributed by atoms with Crippen molar-refractivity contribution < 1.29 is 0 Å². The van der Waals surface area contributed by atoms with E-state index in [1.165, 1.54) is 0 Å². The minimum absolute atomic E-state index is 0.291. The van der Waals surface area contributed by atoms with Crippen LogP contribution in [0.4, 0.5) is 5.69 Å². The second-order valence-corrected chi connectivity index (χ2v) is 4.18. The molecule has 6 heteroatoms. The summed E-state index contributed by atoms with van der Waals surface area (Å²) in [6.07, 6.45) is 3.54. The van der Waals surface area contributed by atoms with Crippen molar-refractivity contribution in [2.75, 3.05) is 11.9 Å². The normalized spacial score (nSPS) is 18.2. The highest BCUT2D eigenvalue weighted by molar-refractivity contribution is 6.23. The van der Waals surface area contributed by atoms with Crippen LogP contribution in [0, 0.1) is 0 Å². The van der Waals surface area contributed by atoms with Gasteiger partial charge in [0, 0.05) is 25.9 Å². The molecule has 0 N–H and O–H groups in total. The van der Waals surface area contributed by atoms with Crippen molar-refractivity contribution >= 4 is 17.3 Å². The van der Waals surface area contributed by atoms with Crippen molar-refractivity contribution in [1.82, 2.24) is 20.0 Å². The second-order valence-electron chi connectivity index (χ2n) is 3.76. The molecule has 0 aromatic carbocycles. The number of nitrogens with zero attached hydrogens (tertiary/aromatic N) is 5. The van der Waals surface area contributed by atoms with Gasteiger partial charge in [0.15, 0.2) is 5.50 Å². The van der Waals surface area contributed by atoms with Crippen LogP contribution in [-0.2, 0) is 7.05 Å². The lowest BCUT2D eigenvalue weighted by Gasteiger charge is -2.29. The van der Waals surface area contributed by atoms with Crippen LogP contribution in [0.3, 0.4) is 0 Å². The smallest absolute Gasteiger partial charge is 0.151 e. The van der Waals surface area contributed by atoms with Crippen molar-refractivity contribution in [3.05, 3.63) is 24.2 Å². The highest BCUT2D eigenvalue weighted by Crippen LogP contribution is 2.42. The molecule has 82 valence electrons. The highest BCUT2D eigenvalue weighted by Gasteiger charge is 2.31. The Labute approximate surface area is 97.7 Å². The van der Waals surface area contributed by atoms with E-state index in [-0.39, 0.29) is 5.50 Å². The van der Waals surface area contributed by atoms with Crippen LogP contribution < -0.4 is 4.90 Å². The minimum Gasteiger partial charge on any atom is -0.351 e. The van der Waals surface area contributed by atoms with Gasteiger partial charge in [0.1, 0.15) is 11.4 Å². The number of alkyl halides is 1. The number of anilines is 1. The van der Waals surface area contributed by atoms with Crippen LogP contribution in [0.25, 0.3) is 11.3 Å². The number of pyridine rings is 1. The third-order valence-electron chi connectivity index (χ3n) is 2.74. The van der Waals surface area contributed by atoms with Crippen molar-refractivity contribution in [2.24, 2.45) is 7.05 Å². The largest absolute Gasteiger partial charge is 0.351 e. The van der Waals surface area contributed by atoms with Gasteiger partial charge in [-0.15, -0.1) is 0 Å². The molecule has 0 bridgehead atoms. The average Bonchev–Trinajstić information content (AvgIpc) is 2.68. The first kappa shape index (κ1) is 9.59. The number of hydrogen-bond donors (Lipinski definition) is 0. The van der Waals surface area contributed by atoms with E-state index in [9.17, 15) is 0 Å². The summed E-state index contributed by atoms with van der Waals surface area (Å²) in [6, 6.07) is 1.93. The molecule has 1 atom stereocenters. The molecule has 2 aromatic rings. The third-order valence-corrected chi connectivity index (χ3v) is 3.24. The number of rotatable bonds is 0. The van der Waals surface area contributed by atoms with E-state index in [0.717, 1.165) is 22.6 Å². The number of fused-ring (bicyclic) bond motifs is 3. The molecule has 0 spiro atoms. The van der Waals surface area contributed by atoms with Gasteiger partial charge in [-0.05, 0) is 6.07 Å². The highest BCUT2D eigenvalue weighted by atomic mass is 35.5. The molecular formula is C10H10ClN5. The summed E-state index contributed by atoms with van der Waals surface area (Å²) in [6.45, 7) is 0. The zero-order valence-electron chi connectivity index (χ0n) is 8.92. The molecule has 1 aliphatic rings. The molecule has 1 unspecified atom stereocenters. The second kappa shape index (κ2) is 3.18. The number of halogens is 1. The molecule has 0 fully saturated rings. The zero-order chi connectivity index (χ0) is 11.3. The summed E-state index contributed by atoms with van der Waals surface area (Å²) >= 11 is 6.32. The Morgan fingerprint density at radius 1 is 1.31 bits per heavy atom. The van der Waals surface area contributed by atoms with E-state index in [1.54, 1.807) is 24.2 Å². The fraction of sp³-hybridized carbons (Fsp3) is 0.300. The van der Waals surface area contributed by atoms with Crippen molar-refractivity contribution in [3.63, 3.8) is 0 Å². The molecule has 2 aromatic heterocycles. The Morgan fingerprint density at radius 2 is 2.12 bits per heavy atom. The molecule has 3 heterocycles. The van der Waals surface area contributed by atoms with Gasteiger partial charge in [0.25, 0.3) is 0 Å². The van der Waals surface area contributed by atoms with Gasteiger partial charge in [-0.25, -0.2) is 0 Å². The first-order chi connectivity index (χ1) is 7.68. The summed E-state index contributed by atoms with van der Waals surface area (Å²) < 4.78 is 0. The van der Waals surface area contributed by atoms with Crippen LogP contribution in [0.15, 0.2) is 18.5 Å². The molecule has 0 amide bonds. The molecule has 1 aliphatic heterocycles. The van der Waals surface area contributed by atoms with E-state index >= 15 is 0 Å². The quantitative estimate of drug-likeness (QED) is 0.514. The van der Waals surface area contributed by atoms with E-state index in [2.05, 4.69) is 15.2 Å². The van der Waals surface area contributed by atoms with Gasteiger partial charge in [0.2, 0.25) is 0 Å². The molecule has 0 saturated heterocycles. The monoisotopic (exact) mass is 235 g/mol. The number of aryl methyl sites for hydroxylation is 1. The lowest BCUT2D eigenvalue weighted by Crippen LogP contribution is -2.24. The predicted molar refractivity (Wildman–Crippen MR) is 61.2 cm³/mol. The summed E-state index contributed by atoms with van der Waals surface area (Å²) in [5, 5.41) is 8.64. The number of aromatic nitrogens is 4. The maximum Gasteiger partial charge on any atom is 0.151 e. The van der Waals surface area contributed by atoms with E-state index in [4.69, 9.17) is 11.6 Å². The molecule has 5 nitrogen and oxygen atoms in total. The average molecular weight is 236 g/mol. The van der Waals surface area contributed by atoms with E-state index in [0.29, 0.717) is 0 Å². The standard InChI is InChI=1S/C10H10ClN5/c1-15-7-5-12-4-3-6(7)8-9(10(15)11)14-16(2)13-8/h3-5,10H,1-2H3. The Hall–Kier alpha value is -1.62. The van der Waals surface area contributed by atoms with Gasteiger partial charge in [-0.3, -0.25) is 4.98 Å².